The first-order valence-electron chi connectivity index (χ1n) is 7.84. The molecular weight excluding hydrogens is 252 g/mol. The molecule has 1 unspecified atom stereocenters. The van der Waals surface area contributed by atoms with E-state index in [1.54, 1.807) is 6.92 Å². The van der Waals surface area contributed by atoms with Gasteiger partial charge in [0.15, 0.2) is 0 Å². The molecule has 4 atom stereocenters. The molecule has 2 fully saturated rings. The van der Waals surface area contributed by atoms with Gasteiger partial charge in [-0.05, 0) is 56.8 Å². The van der Waals surface area contributed by atoms with E-state index in [4.69, 9.17) is 4.74 Å². The molecule has 20 heavy (non-hydrogen) atoms. The van der Waals surface area contributed by atoms with Crippen LogP contribution in [0, 0.1) is 23.7 Å². The molecule has 3 heteroatoms. The van der Waals surface area contributed by atoms with Crippen LogP contribution in [0.15, 0.2) is 12.2 Å². The lowest BCUT2D eigenvalue weighted by molar-refractivity contribution is -0.148. The third-order valence-electron chi connectivity index (χ3n) is 5.03. The molecule has 0 aromatic rings. The minimum atomic E-state index is -0.0393. The van der Waals surface area contributed by atoms with E-state index in [0.717, 1.165) is 24.7 Å². The molecule has 2 rings (SSSR count). The molecule has 0 radical (unpaired) electrons. The fraction of sp³-hybridized carbons (Fsp3) is 0.765. The van der Waals surface area contributed by atoms with Crippen LogP contribution in [0.5, 0.6) is 0 Å². The molecule has 0 aromatic heterocycles. The Morgan fingerprint density at radius 2 is 2.05 bits per heavy atom. The molecule has 0 N–H and O–H groups in total. The average molecular weight is 278 g/mol. The van der Waals surface area contributed by atoms with E-state index < -0.39 is 0 Å². The van der Waals surface area contributed by atoms with Crippen molar-refractivity contribution in [1.29, 1.82) is 0 Å². The van der Waals surface area contributed by atoms with Crippen molar-refractivity contribution in [3.63, 3.8) is 0 Å². The van der Waals surface area contributed by atoms with Crippen molar-refractivity contribution in [3.05, 3.63) is 12.2 Å². The highest BCUT2D eigenvalue weighted by molar-refractivity contribution is 5.77. The topological polar surface area (TPSA) is 43.4 Å². The van der Waals surface area contributed by atoms with Crippen LogP contribution in [0.1, 0.15) is 51.9 Å². The molecule has 2 saturated carbocycles. The summed E-state index contributed by atoms with van der Waals surface area (Å²) in [6.45, 7) is 1.59. The highest BCUT2D eigenvalue weighted by Crippen LogP contribution is 2.52. The number of methoxy groups -OCH3 is 1. The Hall–Kier alpha value is -1.12. The summed E-state index contributed by atoms with van der Waals surface area (Å²) < 4.78 is 5.01. The number of carbonyl (C=O) groups is 2. The summed E-state index contributed by atoms with van der Waals surface area (Å²) in [6, 6.07) is 0. The van der Waals surface area contributed by atoms with Crippen LogP contribution in [-0.2, 0) is 14.3 Å². The van der Waals surface area contributed by atoms with Crippen LogP contribution in [0.3, 0.4) is 0 Å². The maximum Gasteiger partial charge on any atom is 0.308 e. The summed E-state index contributed by atoms with van der Waals surface area (Å²) in [6.07, 6.45) is 11.3. The number of Topliss-reactive ketones (excluding diaryl/α,β-unsaturated/α-hetero) is 1. The van der Waals surface area contributed by atoms with Gasteiger partial charge in [-0.15, -0.1) is 0 Å². The second-order valence-corrected chi connectivity index (χ2v) is 6.42. The second kappa shape index (κ2) is 7.05. The van der Waals surface area contributed by atoms with E-state index in [0.29, 0.717) is 12.3 Å². The quantitative estimate of drug-likeness (QED) is 0.528. The van der Waals surface area contributed by atoms with Crippen LogP contribution in [0.4, 0.5) is 0 Å². The predicted octanol–water partition coefficient (Wildman–Crippen LogP) is 3.53. The van der Waals surface area contributed by atoms with Crippen molar-refractivity contribution in [2.45, 2.75) is 51.9 Å². The van der Waals surface area contributed by atoms with Gasteiger partial charge in [0.1, 0.15) is 5.78 Å². The molecule has 0 saturated heterocycles. The van der Waals surface area contributed by atoms with E-state index in [-0.39, 0.29) is 17.7 Å². The van der Waals surface area contributed by atoms with Crippen molar-refractivity contribution < 1.29 is 14.3 Å². The third kappa shape index (κ3) is 3.71. The van der Waals surface area contributed by atoms with Crippen LogP contribution in [0.25, 0.3) is 0 Å². The first-order valence-corrected chi connectivity index (χ1v) is 7.84. The SMILES string of the molecule is COC(=O)C(CC/C=C\CC(C)=O)[C@@H]1C[C@H]2CC[C@H]1C2. The van der Waals surface area contributed by atoms with Gasteiger partial charge in [-0.3, -0.25) is 9.59 Å². The van der Waals surface area contributed by atoms with E-state index >= 15 is 0 Å². The van der Waals surface area contributed by atoms with Crippen LogP contribution < -0.4 is 0 Å². The fourth-order valence-corrected chi connectivity index (χ4v) is 4.09. The number of esters is 1. The van der Waals surface area contributed by atoms with Gasteiger partial charge in [-0.1, -0.05) is 18.6 Å². The number of rotatable bonds is 7. The summed E-state index contributed by atoms with van der Waals surface area (Å²) in [5.41, 5.74) is 0. The number of ether oxygens (including phenoxy) is 1. The van der Waals surface area contributed by atoms with Crippen LogP contribution >= 0.6 is 0 Å². The van der Waals surface area contributed by atoms with Gasteiger partial charge in [-0.25, -0.2) is 0 Å². The lowest BCUT2D eigenvalue weighted by atomic mass is 9.77. The Morgan fingerprint density at radius 3 is 2.60 bits per heavy atom. The third-order valence-corrected chi connectivity index (χ3v) is 5.03. The monoisotopic (exact) mass is 278 g/mol. The largest absolute Gasteiger partial charge is 0.469 e. The van der Waals surface area contributed by atoms with Crippen LogP contribution in [-0.4, -0.2) is 18.9 Å². The molecule has 0 heterocycles. The molecule has 0 aromatic carbocycles. The predicted molar refractivity (Wildman–Crippen MR) is 78.1 cm³/mol. The van der Waals surface area contributed by atoms with E-state index in [2.05, 4.69) is 0 Å². The van der Waals surface area contributed by atoms with Crippen molar-refractivity contribution >= 4 is 11.8 Å². The van der Waals surface area contributed by atoms with Gasteiger partial charge in [0.05, 0.1) is 13.0 Å². The maximum absolute atomic E-state index is 12.0. The molecule has 0 spiro atoms. The molecule has 0 aliphatic heterocycles. The van der Waals surface area contributed by atoms with Gasteiger partial charge >= 0.3 is 5.97 Å². The summed E-state index contributed by atoms with van der Waals surface area (Å²) in [7, 11) is 1.49. The average Bonchev–Trinajstić information content (AvgIpc) is 3.04. The summed E-state index contributed by atoms with van der Waals surface area (Å²) in [5.74, 6) is 2.32. The lowest BCUT2D eigenvalue weighted by Gasteiger charge is -2.28. The molecular formula is C17H26O3. The van der Waals surface area contributed by atoms with Crippen molar-refractivity contribution in [3.8, 4) is 0 Å². The van der Waals surface area contributed by atoms with Gasteiger partial charge in [0.2, 0.25) is 0 Å². The van der Waals surface area contributed by atoms with Gasteiger partial charge in [0.25, 0.3) is 0 Å². The zero-order chi connectivity index (χ0) is 14.5. The first kappa shape index (κ1) is 15.3. The van der Waals surface area contributed by atoms with Crippen LogP contribution in [0.2, 0.25) is 0 Å². The molecule has 3 nitrogen and oxygen atoms in total. The Morgan fingerprint density at radius 1 is 1.25 bits per heavy atom. The zero-order valence-electron chi connectivity index (χ0n) is 12.6. The Balaban J connectivity index is 1.86. The van der Waals surface area contributed by atoms with Gasteiger partial charge in [0, 0.05) is 6.42 Å². The molecule has 2 bridgehead atoms. The lowest BCUT2D eigenvalue weighted by Crippen LogP contribution is -2.28. The first-order chi connectivity index (χ1) is 9.61. The minimum Gasteiger partial charge on any atom is -0.469 e. The number of hydrogen-bond acceptors (Lipinski definition) is 3. The standard InChI is InChI=1S/C17H26O3/c1-12(18)6-4-3-5-7-15(17(19)20-2)16-11-13-8-9-14(16)10-13/h3-4,13-16H,5-11H2,1-2H3/b4-3-/t13-,14-,15?,16+/m0/s1. The zero-order valence-corrected chi connectivity index (χ0v) is 12.6. The van der Waals surface area contributed by atoms with Gasteiger partial charge in [-0.2, -0.15) is 0 Å². The molecule has 0 amide bonds. The summed E-state index contributed by atoms with van der Waals surface area (Å²) in [5, 5.41) is 0. The van der Waals surface area contributed by atoms with Crippen molar-refractivity contribution in [2.75, 3.05) is 7.11 Å². The second-order valence-electron chi connectivity index (χ2n) is 6.42. The molecule has 2 aliphatic carbocycles. The summed E-state index contributed by atoms with van der Waals surface area (Å²) >= 11 is 0. The van der Waals surface area contributed by atoms with Gasteiger partial charge < -0.3 is 4.74 Å². The van der Waals surface area contributed by atoms with E-state index in [9.17, 15) is 9.59 Å². The fourth-order valence-electron chi connectivity index (χ4n) is 4.09. The van der Waals surface area contributed by atoms with E-state index in [1.165, 1.54) is 32.8 Å². The molecule has 2 aliphatic rings. The number of ketones is 1. The number of allylic oxidation sites excluding steroid dienone is 2. The number of carbonyl (C=O) groups excluding carboxylic acids is 2. The van der Waals surface area contributed by atoms with Crippen molar-refractivity contribution in [2.24, 2.45) is 23.7 Å². The highest BCUT2D eigenvalue weighted by atomic mass is 16.5. The Kier molecular flexibility index (Phi) is 5.38. The Labute approximate surface area is 121 Å². The maximum atomic E-state index is 12.0. The smallest absolute Gasteiger partial charge is 0.308 e. The highest BCUT2D eigenvalue weighted by Gasteiger charge is 2.45. The normalized spacial score (nSPS) is 29.8. The van der Waals surface area contributed by atoms with Crippen molar-refractivity contribution in [1.82, 2.24) is 0 Å². The molecule has 112 valence electrons. The summed E-state index contributed by atoms with van der Waals surface area (Å²) in [4.78, 5) is 22.9. The Bertz CT molecular complexity index is 386. The number of fused-ring (bicyclic) bond motifs is 2. The number of hydrogen-bond donors (Lipinski definition) is 0. The minimum absolute atomic E-state index is 0.0393. The van der Waals surface area contributed by atoms with E-state index in [1.807, 2.05) is 12.2 Å².